The maximum absolute atomic E-state index is 12.4. The van der Waals surface area contributed by atoms with Crippen LogP contribution >= 0.6 is 0 Å². The number of amides is 1. The molecule has 2 aliphatic heterocycles. The summed E-state index contributed by atoms with van der Waals surface area (Å²) < 4.78 is 0. The predicted molar refractivity (Wildman–Crippen MR) is 80.6 cm³/mol. The van der Waals surface area contributed by atoms with Crippen LogP contribution in [0.15, 0.2) is 0 Å². The molecule has 3 atom stereocenters. The molecule has 3 fully saturated rings. The van der Waals surface area contributed by atoms with E-state index < -0.39 is 0 Å². The maximum Gasteiger partial charge on any atom is 0.237 e. The fraction of sp³-hybridized carbons (Fsp3) is 0.938. The second kappa shape index (κ2) is 6.44. The smallest absolute Gasteiger partial charge is 0.237 e. The Labute approximate surface area is 122 Å². The van der Waals surface area contributed by atoms with Crippen LogP contribution in [0.4, 0.5) is 0 Å². The van der Waals surface area contributed by atoms with E-state index in [4.69, 9.17) is 0 Å². The standard InChI is InChI=1S/C16H29N3O/c1-12(16(20)18-14-5-3-2-4-6-14)19-10-8-15-13(11-19)7-9-17-15/h12-15,17H,2-11H2,1H3,(H,18,20). The molecule has 1 aliphatic carbocycles. The molecular formula is C16H29N3O. The van der Waals surface area contributed by atoms with Crippen LogP contribution < -0.4 is 10.6 Å². The molecule has 3 aliphatic rings. The van der Waals surface area contributed by atoms with Gasteiger partial charge in [-0.3, -0.25) is 9.69 Å². The predicted octanol–water partition coefficient (Wildman–Crippen LogP) is 1.51. The first-order valence-electron chi connectivity index (χ1n) is 8.52. The summed E-state index contributed by atoms with van der Waals surface area (Å²) in [7, 11) is 0. The van der Waals surface area contributed by atoms with E-state index in [0.717, 1.165) is 25.6 Å². The summed E-state index contributed by atoms with van der Waals surface area (Å²) in [5.41, 5.74) is 0. The van der Waals surface area contributed by atoms with Gasteiger partial charge in [0.15, 0.2) is 0 Å². The lowest BCUT2D eigenvalue weighted by Crippen LogP contribution is -2.54. The van der Waals surface area contributed by atoms with Gasteiger partial charge in [0, 0.05) is 25.2 Å². The highest BCUT2D eigenvalue weighted by Crippen LogP contribution is 2.26. The summed E-state index contributed by atoms with van der Waals surface area (Å²) >= 11 is 0. The second-order valence-electron chi connectivity index (χ2n) is 6.91. The molecule has 114 valence electrons. The number of piperidine rings is 1. The number of fused-ring (bicyclic) bond motifs is 1. The van der Waals surface area contributed by atoms with Gasteiger partial charge in [-0.25, -0.2) is 0 Å². The third kappa shape index (κ3) is 3.17. The van der Waals surface area contributed by atoms with Gasteiger partial charge in [-0.2, -0.15) is 0 Å². The first-order valence-corrected chi connectivity index (χ1v) is 8.52. The van der Waals surface area contributed by atoms with Crippen molar-refractivity contribution in [1.29, 1.82) is 0 Å². The molecule has 1 saturated carbocycles. The van der Waals surface area contributed by atoms with Gasteiger partial charge in [0.05, 0.1) is 6.04 Å². The highest BCUT2D eigenvalue weighted by molar-refractivity contribution is 5.81. The lowest BCUT2D eigenvalue weighted by molar-refractivity contribution is -0.127. The van der Waals surface area contributed by atoms with Crippen molar-refractivity contribution in [3.63, 3.8) is 0 Å². The number of likely N-dealkylation sites (tertiary alicyclic amines) is 1. The van der Waals surface area contributed by atoms with Crippen LogP contribution in [0.5, 0.6) is 0 Å². The second-order valence-corrected chi connectivity index (χ2v) is 6.91. The van der Waals surface area contributed by atoms with E-state index in [0.29, 0.717) is 12.1 Å². The molecule has 0 radical (unpaired) electrons. The average Bonchev–Trinajstić information content (AvgIpc) is 2.94. The molecule has 3 unspecified atom stereocenters. The zero-order chi connectivity index (χ0) is 13.9. The molecule has 4 heteroatoms. The summed E-state index contributed by atoms with van der Waals surface area (Å²) in [6.07, 6.45) is 8.71. The fourth-order valence-electron chi connectivity index (χ4n) is 4.16. The van der Waals surface area contributed by atoms with Crippen molar-refractivity contribution in [2.24, 2.45) is 5.92 Å². The van der Waals surface area contributed by atoms with Crippen LogP contribution in [0.3, 0.4) is 0 Å². The minimum absolute atomic E-state index is 0.0403. The summed E-state index contributed by atoms with van der Waals surface area (Å²) in [5, 5.41) is 6.87. The van der Waals surface area contributed by atoms with Gasteiger partial charge in [0.25, 0.3) is 0 Å². The highest BCUT2D eigenvalue weighted by atomic mass is 16.2. The number of hydrogen-bond acceptors (Lipinski definition) is 3. The molecule has 0 aromatic rings. The Kier molecular flexibility index (Phi) is 4.61. The van der Waals surface area contributed by atoms with E-state index in [-0.39, 0.29) is 11.9 Å². The first-order chi connectivity index (χ1) is 9.74. The third-order valence-corrected chi connectivity index (χ3v) is 5.57. The zero-order valence-electron chi connectivity index (χ0n) is 12.7. The van der Waals surface area contributed by atoms with E-state index >= 15 is 0 Å². The van der Waals surface area contributed by atoms with Gasteiger partial charge in [0.1, 0.15) is 0 Å². The van der Waals surface area contributed by atoms with Crippen LogP contribution in [0.1, 0.15) is 51.9 Å². The Bertz CT molecular complexity index is 341. The largest absolute Gasteiger partial charge is 0.352 e. The van der Waals surface area contributed by atoms with Gasteiger partial charge in [-0.15, -0.1) is 0 Å². The summed E-state index contributed by atoms with van der Waals surface area (Å²) in [6.45, 7) is 5.40. The van der Waals surface area contributed by atoms with Crippen molar-refractivity contribution in [2.75, 3.05) is 19.6 Å². The molecule has 0 bridgehead atoms. The lowest BCUT2D eigenvalue weighted by atomic mass is 9.92. The van der Waals surface area contributed by atoms with Gasteiger partial charge in [0.2, 0.25) is 5.91 Å². The minimum Gasteiger partial charge on any atom is -0.352 e. The number of hydrogen-bond donors (Lipinski definition) is 2. The highest BCUT2D eigenvalue weighted by Gasteiger charge is 2.35. The van der Waals surface area contributed by atoms with Crippen molar-refractivity contribution in [1.82, 2.24) is 15.5 Å². The topological polar surface area (TPSA) is 44.4 Å². The number of carbonyl (C=O) groups excluding carboxylic acids is 1. The van der Waals surface area contributed by atoms with Gasteiger partial charge < -0.3 is 10.6 Å². The Morgan fingerprint density at radius 2 is 2.00 bits per heavy atom. The van der Waals surface area contributed by atoms with Crippen LogP contribution in [-0.4, -0.2) is 48.6 Å². The minimum atomic E-state index is 0.0403. The summed E-state index contributed by atoms with van der Waals surface area (Å²) in [4.78, 5) is 14.8. The molecular weight excluding hydrogens is 250 g/mol. The van der Waals surface area contributed by atoms with Crippen LogP contribution in [0.2, 0.25) is 0 Å². The normalized spacial score (nSPS) is 33.6. The fourth-order valence-corrected chi connectivity index (χ4v) is 4.16. The van der Waals surface area contributed by atoms with Crippen LogP contribution in [-0.2, 0) is 4.79 Å². The van der Waals surface area contributed by atoms with Crippen LogP contribution in [0, 0.1) is 5.92 Å². The van der Waals surface area contributed by atoms with Crippen molar-refractivity contribution >= 4 is 5.91 Å². The zero-order valence-corrected chi connectivity index (χ0v) is 12.7. The van der Waals surface area contributed by atoms with Gasteiger partial charge >= 0.3 is 0 Å². The van der Waals surface area contributed by atoms with E-state index in [9.17, 15) is 4.79 Å². The molecule has 4 nitrogen and oxygen atoms in total. The maximum atomic E-state index is 12.4. The molecule has 0 aromatic carbocycles. The molecule has 0 aromatic heterocycles. The number of nitrogens with zero attached hydrogens (tertiary/aromatic N) is 1. The Hall–Kier alpha value is -0.610. The molecule has 3 rings (SSSR count). The lowest BCUT2D eigenvalue weighted by Gasteiger charge is -2.38. The Morgan fingerprint density at radius 3 is 2.80 bits per heavy atom. The molecule has 1 amide bonds. The summed E-state index contributed by atoms with van der Waals surface area (Å²) in [6, 6.07) is 1.18. The third-order valence-electron chi connectivity index (χ3n) is 5.57. The van der Waals surface area contributed by atoms with E-state index in [1.165, 1.54) is 44.9 Å². The summed E-state index contributed by atoms with van der Waals surface area (Å²) in [5.74, 6) is 1.01. The molecule has 20 heavy (non-hydrogen) atoms. The SMILES string of the molecule is CC(C(=O)NC1CCCCC1)N1CCC2NCCC2C1. The van der Waals surface area contributed by atoms with Crippen molar-refractivity contribution in [2.45, 2.75) is 70.0 Å². The number of carbonyl (C=O) groups is 1. The van der Waals surface area contributed by atoms with Crippen molar-refractivity contribution in [3.05, 3.63) is 0 Å². The average molecular weight is 279 g/mol. The van der Waals surface area contributed by atoms with Crippen molar-refractivity contribution in [3.8, 4) is 0 Å². The monoisotopic (exact) mass is 279 g/mol. The van der Waals surface area contributed by atoms with E-state index in [1.807, 2.05) is 0 Å². The Balaban J connectivity index is 1.49. The first kappa shape index (κ1) is 14.3. The van der Waals surface area contributed by atoms with Gasteiger partial charge in [-0.1, -0.05) is 19.3 Å². The molecule has 2 heterocycles. The molecule has 2 N–H and O–H groups in total. The molecule has 0 spiro atoms. The number of nitrogens with one attached hydrogen (secondary N) is 2. The number of rotatable bonds is 3. The quantitative estimate of drug-likeness (QED) is 0.823. The van der Waals surface area contributed by atoms with Gasteiger partial charge in [-0.05, 0) is 45.1 Å². The van der Waals surface area contributed by atoms with Crippen LogP contribution in [0.25, 0.3) is 0 Å². The van der Waals surface area contributed by atoms with E-state index in [2.05, 4.69) is 22.5 Å². The van der Waals surface area contributed by atoms with Crippen molar-refractivity contribution < 1.29 is 4.79 Å². The van der Waals surface area contributed by atoms with E-state index in [1.54, 1.807) is 0 Å². The molecule has 2 saturated heterocycles. The Morgan fingerprint density at radius 1 is 1.20 bits per heavy atom.